The van der Waals surface area contributed by atoms with Gasteiger partial charge < -0.3 is 14.7 Å². The first-order chi connectivity index (χ1) is 10.9. The summed E-state index contributed by atoms with van der Waals surface area (Å²) in [7, 11) is 0. The van der Waals surface area contributed by atoms with Crippen LogP contribution in [0.1, 0.15) is 27.2 Å². The van der Waals surface area contributed by atoms with Gasteiger partial charge in [0.2, 0.25) is 0 Å². The summed E-state index contributed by atoms with van der Waals surface area (Å²) in [5.74, 6) is -0.170. The molecule has 130 valence electrons. The smallest absolute Gasteiger partial charge is 0.146 e. The molecule has 1 N–H and O–H groups in total. The number of rotatable bonds is 7. The summed E-state index contributed by atoms with van der Waals surface area (Å²) in [5, 5.41) is 10.1. The number of aliphatic hydroxyl groups is 1. The Hall–Kier alpha value is -1.17. The number of hydrogen-bond acceptors (Lipinski definition) is 4. The Morgan fingerprint density at radius 2 is 1.87 bits per heavy atom. The molecule has 0 unspecified atom stereocenters. The fourth-order valence-corrected chi connectivity index (χ4v) is 2.65. The summed E-state index contributed by atoms with van der Waals surface area (Å²) in [5.41, 5.74) is 0.477. The SMILES string of the molecule is CCC(C)(C)OC[C@H](O)CN1CCN(c2ccccc2F)CC1. The first kappa shape index (κ1) is 18.2. The lowest BCUT2D eigenvalue weighted by Gasteiger charge is -2.37. The van der Waals surface area contributed by atoms with Crippen LogP contribution in [0.4, 0.5) is 10.1 Å². The second kappa shape index (κ2) is 8.08. The Labute approximate surface area is 138 Å². The molecule has 0 bridgehead atoms. The van der Waals surface area contributed by atoms with Crippen LogP contribution in [0.25, 0.3) is 0 Å². The number of aliphatic hydroxyl groups excluding tert-OH is 1. The van der Waals surface area contributed by atoms with Crippen molar-refractivity contribution >= 4 is 5.69 Å². The molecule has 0 aliphatic carbocycles. The number of piperazine rings is 1. The van der Waals surface area contributed by atoms with Crippen molar-refractivity contribution < 1.29 is 14.2 Å². The zero-order valence-corrected chi connectivity index (χ0v) is 14.5. The van der Waals surface area contributed by atoms with E-state index in [-0.39, 0.29) is 11.4 Å². The average molecular weight is 324 g/mol. The van der Waals surface area contributed by atoms with Crippen LogP contribution >= 0.6 is 0 Å². The van der Waals surface area contributed by atoms with Gasteiger partial charge in [-0.1, -0.05) is 19.1 Å². The van der Waals surface area contributed by atoms with Crippen molar-refractivity contribution in [2.45, 2.75) is 38.9 Å². The van der Waals surface area contributed by atoms with Gasteiger partial charge in [-0.05, 0) is 32.4 Å². The van der Waals surface area contributed by atoms with Gasteiger partial charge >= 0.3 is 0 Å². The molecule has 1 aliphatic rings. The highest BCUT2D eigenvalue weighted by molar-refractivity contribution is 5.47. The van der Waals surface area contributed by atoms with Crippen molar-refractivity contribution in [1.29, 1.82) is 0 Å². The third-order valence-electron chi connectivity index (χ3n) is 4.55. The van der Waals surface area contributed by atoms with Crippen molar-refractivity contribution in [3.63, 3.8) is 0 Å². The molecule has 0 saturated carbocycles. The molecule has 0 radical (unpaired) electrons. The van der Waals surface area contributed by atoms with E-state index in [0.717, 1.165) is 32.6 Å². The van der Waals surface area contributed by atoms with Crippen LogP contribution in [-0.4, -0.2) is 61.0 Å². The fourth-order valence-electron chi connectivity index (χ4n) is 2.65. The van der Waals surface area contributed by atoms with Crippen molar-refractivity contribution in [1.82, 2.24) is 4.90 Å². The van der Waals surface area contributed by atoms with Crippen LogP contribution < -0.4 is 4.90 Å². The largest absolute Gasteiger partial charge is 0.389 e. The van der Waals surface area contributed by atoms with Gasteiger partial charge in [-0.2, -0.15) is 0 Å². The van der Waals surface area contributed by atoms with E-state index in [1.807, 2.05) is 26.0 Å². The Bertz CT molecular complexity index is 488. The normalized spacial score (nSPS) is 18.2. The summed E-state index contributed by atoms with van der Waals surface area (Å²) in [4.78, 5) is 4.28. The third kappa shape index (κ3) is 5.44. The van der Waals surface area contributed by atoms with Crippen molar-refractivity contribution in [2.75, 3.05) is 44.2 Å². The van der Waals surface area contributed by atoms with Gasteiger partial charge in [0.15, 0.2) is 0 Å². The van der Waals surface area contributed by atoms with E-state index in [1.165, 1.54) is 6.07 Å². The Balaban J connectivity index is 1.75. The van der Waals surface area contributed by atoms with Gasteiger partial charge in [0.25, 0.3) is 0 Å². The molecule has 1 fully saturated rings. The fraction of sp³-hybridized carbons (Fsp3) is 0.667. The molecule has 1 saturated heterocycles. The first-order valence-corrected chi connectivity index (χ1v) is 8.45. The zero-order valence-electron chi connectivity index (χ0n) is 14.5. The van der Waals surface area contributed by atoms with Gasteiger partial charge in [-0.3, -0.25) is 4.90 Å². The Morgan fingerprint density at radius 3 is 2.48 bits per heavy atom. The maximum atomic E-state index is 13.8. The molecule has 23 heavy (non-hydrogen) atoms. The van der Waals surface area contributed by atoms with Crippen molar-refractivity contribution in [3.8, 4) is 0 Å². The number of benzene rings is 1. The quantitative estimate of drug-likeness (QED) is 0.836. The highest BCUT2D eigenvalue weighted by atomic mass is 19.1. The number of para-hydroxylation sites is 1. The van der Waals surface area contributed by atoms with Gasteiger partial charge in [0, 0.05) is 32.7 Å². The highest BCUT2D eigenvalue weighted by Crippen LogP contribution is 2.20. The van der Waals surface area contributed by atoms with Gasteiger partial charge in [-0.15, -0.1) is 0 Å². The molecule has 0 spiro atoms. The summed E-state index contributed by atoms with van der Waals surface area (Å²) in [6.45, 7) is 10.3. The topological polar surface area (TPSA) is 35.9 Å². The molecule has 1 aliphatic heterocycles. The molecule has 4 nitrogen and oxygen atoms in total. The molecule has 1 heterocycles. The molecule has 0 aromatic heterocycles. The van der Waals surface area contributed by atoms with E-state index in [0.29, 0.717) is 18.8 Å². The van der Waals surface area contributed by atoms with E-state index >= 15 is 0 Å². The number of ether oxygens (including phenoxy) is 1. The van der Waals surface area contributed by atoms with E-state index in [1.54, 1.807) is 6.07 Å². The van der Waals surface area contributed by atoms with Crippen LogP contribution in [0.15, 0.2) is 24.3 Å². The predicted molar refractivity (Wildman–Crippen MR) is 91.4 cm³/mol. The number of β-amino-alcohol motifs (C(OH)–C–C–N with tert-alkyl or cyclic N) is 1. The van der Waals surface area contributed by atoms with Crippen LogP contribution in [0.2, 0.25) is 0 Å². The molecular formula is C18H29FN2O2. The van der Waals surface area contributed by atoms with E-state index in [4.69, 9.17) is 4.74 Å². The second-order valence-corrected chi connectivity index (χ2v) is 6.82. The van der Waals surface area contributed by atoms with E-state index in [2.05, 4.69) is 16.7 Å². The van der Waals surface area contributed by atoms with Crippen LogP contribution in [0.5, 0.6) is 0 Å². The summed E-state index contributed by atoms with van der Waals surface area (Å²) < 4.78 is 19.6. The lowest BCUT2D eigenvalue weighted by Crippen LogP contribution is -2.49. The molecule has 1 aromatic carbocycles. The molecule has 1 atom stereocenters. The van der Waals surface area contributed by atoms with E-state index < -0.39 is 6.10 Å². The maximum absolute atomic E-state index is 13.8. The highest BCUT2D eigenvalue weighted by Gasteiger charge is 2.22. The first-order valence-electron chi connectivity index (χ1n) is 8.45. The Morgan fingerprint density at radius 1 is 1.22 bits per heavy atom. The minimum absolute atomic E-state index is 0.170. The second-order valence-electron chi connectivity index (χ2n) is 6.82. The zero-order chi connectivity index (χ0) is 16.9. The summed E-state index contributed by atoms with van der Waals surface area (Å²) in [6.07, 6.45) is 0.432. The monoisotopic (exact) mass is 324 g/mol. The van der Waals surface area contributed by atoms with Gasteiger partial charge in [-0.25, -0.2) is 4.39 Å². The number of nitrogens with zero attached hydrogens (tertiary/aromatic N) is 2. The molecular weight excluding hydrogens is 295 g/mol. The van der Waals surface area contributed by atoms with E-state index in [9.17, 15) is 9.50 Å². The van der Waals surface area contributed by atoms with Crippen LogP contribution in [0, 0.1) is 5.82 Å². The summed E-state index contributed by atoms with van der Waals surface area (Å²) in [6, 6.07) is 6.89. The molecule has 0 amide bonds. The van der Waals surface area contributed by atoms with Crippen LogP contribution in [-0.2, 0) is 4.74 Å². The molecule has 2 rings (SSSR count). The lowest BCUT2D eigenvalue weighted by molar-refractivity contribution is -0.0674. The lowest BCUT2D eigenvalue weighted by atomic mass is 10.1. The molecule has 5 heteroatoms. The van der Waals surface area contributed by atoms with Gasteiger partial charge in [0.1, 0.15) is 5.82 Å². The Kier molecular flexibility index (Phi) is 6.39. The average Bonchev–Trinajstić information content (AvgIpc) is 2.54. The van der Waals surface area contributed by atoms with Crippen molar-refractivity contribution in [2.24, 2.45) is 0 Å². The van der Waals surface area contributed by atoms with Crippen molar-refractivity contribution in [3.05, 3.63) is 30.1 Å². The van der Waals surface area contributed by atoms with Crippen LogP contribution in [0.3, 0.4) is 0 Å². The summed E-state index contributed by atoms with van der Waals surface area (Å²) >= 11 is 0. The number of hydrogen-bond donors (Lipinski definition) is 1. The van der Waals surface area contributed by atoms with Gasteiger partial charge in [0.05, 0.1) is 24.0 Å². The number of anilines is 1. The maximum Gasteiger partial charge on any atom is 0.146 e. The third-order valence-corrected chi connectivity index (χ3v) is 4.55. The minimum atomic E-state index is -0.485. The predicted octanol–water partition coefficient (Wildman–Crippen LogP) is 2.51. The number of halogens is 1. The minimum Gasteiger partial charge on any atom is -0.389 e. The molecule has 1 aromatic rings. The standard InChI is InChI=1S/C18H29FN2O2/c1-4-18(2,3)23-14-15(22)13-20-9-11-21(12-10-20)17-8-6-5-7-16(17)19/h5-8,15,22H,4,9-14H2,1-3H3/t15-/m1/s1.